The van der Waals surface area contributed by atoms with E-state index in [1.807, 2.05) is 0 Å². The van der Waals surface area contributed by atoms with Crippen molar-refractivity contribution in [3.05, 3.63) is 48.0 Å². The zero-order valence-corrected chi connectivity index (χ0v) is 10.5. The zero-order chi connectivity index (χ0) is 11.5. The average Bonchev–Trinajstić information content (AvgIpc) is 2.34. The molecule has 1 rings (SSSR count). The van der Waals surface area contributed by atoms with Crippen molar-refractivity contribution in [1.82, 2.24) is 0 Å². The highest BCUT2D eigenvalue weighted by Gasteiger charge is 1.88. The molecule has 16 heavy (non-hydrogen) atoms. The van der Waals surface area contributed by atoms with Crippen molar-refractivity contribution < 1.29 is 0 Å². The van der Waals surface area contributed by atoms with Gasteiger partial charge in [0.05, 0.1) is 0 Å². The summed E-state index contributed by atoms with van der Waals surface area (Å²) in [4.78, 5) is 0. The molecule has 0 unspecified atom stereocenters. The van der Waals surface area contributed by atoms with Gasteiger partial charge in [0, 0.05) is 0 Å². The Hall–Kier alpha value is -1.04. The van der Waals surface area contributed by atoms with Crippen LogP contribution < -0.4 is 0 Å². The summed E-state index contributed by atoms with van der Waals surface area (Å²) in [6.07, 6.45) is 13.8. The molecule has 0 N–H and O–H groups in total. The Kier molecular flexibility index (Phi) is 7.49. The summed E-state index contributed by atoms with van der Waals surface area (Å²) < 4.78 is 0. The van der Waals surface area contributed by atoms with Gasteiger partial charge in [-0.1, -0.05) is 68.7 Å². The molecule has 0 spiro atoms. The SMILES string of the molecule is CCCCCC/C=C/CCc1ccccc1. The summed E-state index contributed by atoms with van der Waals surface area (Å²) in [7, 11) is 0. The molecule has 0 heteroatoms. The number of rotatable bonds is 8. The first-order chi connectivity index (χ1) is 7.93. The molecule has 1 aromatic rings. The molecule has 0 saturated heterocycles. The summed E-state index contributed by atoms with van der Waals surface area (Å²) in [5, 5.41) is 0. The van der Waals surface area contributed by atoms with E-state index < -0.39 is 0 Å². The van der Waals surface area contributed by atoms with Crippen LogP contribution in [0.5, 0.6) is 0 Å². The number of aryl methyl sites for hydroxylation is 1. The van der Waals surface area contributed by atoms with Crippen LogP contribution in [-0.4, -0.2) is 0 Å². The van der Waals surface area contributed by atoms with E-state index in [0.29, 0.717) is 0 Å². The van der Waals surface area contributed by atoms with Crippen LogP contribution in [0.15, 0.2) is 42.5 Å². The van der Waals surface area contributed by atoms with Crippen molar-refractivity contribution in [2.24, 2.45) is 0 Å². The maximum atomic E-state index is 2.35. The van der Waals surface area contributed by atoms with Crippen molar-refractivity contribution in [3.63, 3.8) is 0 Å². The Labute approximate surface area is 100 Å². The van der Waals surface area contributed by atoms with Crippen molar-refractivity contribution >= 4 is 0 Å². The second-order valence-electron chi connectivity index (χ2n) is 4.35. The fourth-order valence-corrected chi connectivity index (χ4v) is 1.82. The van der Waals surface area contributed by atoms with Gasteiger partial charge in [-0.05, 0) is 31.2 Å². The molecule has 0 heterocycles. The van der Waals surface area contributed by atoms with Gasteiger partial charge < -0.3 is 0 Å². The number of hydrogen-bond donors (Lipinski definition) is 0. The van der Waals surface area contributed by atoms with Crippen molar-refractivity contribution in [2.45, 2.75) is 51.9 Å². The molecule has 1 aromatic carbocycles. The minimum Gasteiger partial charge on any atom is -0.0885 e. The van der Waals surface area contributed by atoms with Gasteiger partial charge in [-0.2, -0.15) is 0 Å². The lowest BCUT2D eigenvalue weighted by molar-refractivity contribution is 0.674. The molecule has 0 bridgehead atoms. The van der Waals surface area contributed by atoms with Gasteiger partial charge in [0.2, 0.25) is 0 Å². The third-order valence-electron chi connectivity index (χ3n) is 2.83. The molecule has 0 fully saturated rings. The number of unbranched alkanes of at least 4 members (excludes halogenated alkanes) is 4. The van der Waals surface area contributed by atoms with Crippen LogP contribution in [0.2, 0.25) is 0 Å². The molecule has 0 aliphatic heterocycles. The van der Waals surface area contributed by atoms with Gasteiger partial charge in [0.25, 0.3) is 0 Å². The quantitative estimate of drug-likeness (QED) is 0.416. The number of hydrogen-bond acceptors (Lipinski definition) is 0. The lowest BCUT2D eigenvalue weighted by Gasteiger charge is -1.97. The van der Waals surface area contributed by atoms with Gasteiger partial charge >= 0.3 is 0 Å². The smallest absolute Gasteiger partial charge is 0.0244 e. The van der Waals surface area contributed by atoms with Crippen molar-refractivity contribution in [3.8, 4) is 0 Å². The minimum atomic E-state index is 1.17. The van der Waals surface area contributed by atoms with Gasteiger partial charge in [0.1, 0.15) is 0 Å². The second kappa shape index (κ2) is 9.21. The van der Waals surface area contributed by atoms with Crippen LogP contribution >= 0.6 is 0 Å². The molecule has 0 atom stereocenters. The summed E-state index contributed by atoms with van der Waals surface area (Å²) in [6, 6.07) is 10.7. The van der Waals surface area contributed by atoms with Crippen LogP contribution in [0.3, 0.4) is 0 Å². The molecular formula is C16H24. The number of benzene rings is 1. The zero-order valence-electron chi connectivity index (χ0n) is 10.5. The molecule has 0 aliphatic carbocycles. The predicted octanol–water partition coefficient (Wildman–Crippen LogP) is 5.15. The van der Waals surface area contributed by atoms with E-state index in [0.717, 1.165) is 0 Å². The topological polar surface area (TPSA) is 0 Å². The van der Waals surface area contributed by atoms with Crippen molar-refractivity contribution in [1.29, 1.82) is 0 Å². The lowest BCUT2D eigenvalue weighted by atomic mass is 10.1. The van der Waals surface area contributed by atoms with Gasteiger partial charge in [-0.25, -0.2) is 0 Å². The number of allylic oxidation sites excluding steroid dienone is 2. The van der Waals surface area contributed by atoms with E-state index in [9.17, 15) is 0 Å². The highest BCUT2D eigenvalue weighted by molar-refractivity contribution is 5.15. The highest BCUT2D eigenvalue weighted by Crippen LogP contribution is 2.05. The molecule has 0 radical (unpaired) electrons. The summed E-state index contributed by atoms with van der Waals surface area (Å²) in [6.45, 7) is 2.26. The Bertz CT molecular complexity index is 271. The first-order valence-electron chi connectivity index (χ1n) is 6.62. The largest absolute Gasteiger partial charge is 0.0885 e. The summed E-state index contributed by atoms with van der Waals surface area (Å²) in [5.41, 5.74) is 1.44. The monoisotopic (exact) mass is 216 g/mol. The normalized spacial score (nSPS) is 11.1. The summed E-state index contributed by atoms with van der Waals surface area (Å²) >= 11 is 0. The van der Waals surface area contributed by atoms with Crippen LogP contribution in [0.4, 0.5) is 0 Å². The van der Waals surface area contributed by atoms with E-state index in [1.54, 1.807) is 0 Å². The Morgan fingerprint density at radius 3 is 2.38 bits per heavy atom. The average molecular weight is 216 g/mol. The first-order valence-corrected chi connectivity index (χ1v) is 6.62. The van der Waals surface area contributed by atoms with Gasteiger partial charge in [-0.15, -0.1) is 0 Å². The third-order valence-corrected chi connectivity index (χ3v) is 2.83. The van der Waals surface area contributed by atoms with Crippen LogP contribution in [0, 0.1) is 0 Å². The summed E-state index contributed by atoms with van der Waals surface area (Å²) in [5.74, 6) is 0. The van der Waals surface area contributed by atoms with E-state index in [4.69, 9.17) is 0 Å². The molecule has 0 amide bonds. The lowest BCUT2D eigenvalue weighted by Crippen LogP contribution is -1.81. The van der Waals surface area contributed by atoms with Crippen LogP contribution in [-0.2, 0) is 6.42 Å². The van der Waals surface area contributed by atoms with Gasteiger partial charge in [-0.3, -0.25) is 0 Å². The Balaban J connectivity index is 2.00. The Morgan fingerprint density at radius 1 is 0.875 bits per heavy atom. The molecule has 0 aliphatic rings. The molecular weight excluding hydrogens is 192 g/mol. The van der Waals surface area contributed by atoms with Gasteiger partial charge in [0.15, 0.2) is 0 Å². The van der Waals surface area contributed by atoms with E-state index in [2.05, 4.69) is 49.4 Å². The maximum Gasteiger partial charge on any atom is -0.0244 e. The predicted molar refractivity (Wildman–Crippen MR) is 72.7 cm³/mol. The second-order valence-corrected chi connectivity index (χ2v) is 4.35. The van der Waals surface area contributed by atoms with Crippen molar-refractivity contribution in [2.75, 3.05) is 0 Å². The Morgan fingerprint density at radius 2 is 1.62 bits per heavy atom. The molecule has 0 saturated carbocycles. The van der Waals surface area contributed by atoms with Crippen LogP contribution in [0.1, 0.15) is 51.0 Å². The fourth-order valence-electron chi connectivity index (χ4n) is 1.82. The van der Waals surface area contributed by atoms with E-state index in [1.165, 1.54) is 50.5 Å². The third kappa shape index (κ3) is 6.44. The maximum absolute atomic E-state index is 2.35. The van der Waals surface area contributed by atoms with Crippen LogP contribution in [0.25, 0.3) is 0 Å². The molecule has 0 aromatic heterocycles. The minimum absolute atomic E-state index is 1.17. The van der Waals surface area contributed by atoms with E-state index in [-0.39, 0.29) is 0 Å². The standard InChI is InChI=1S/C16H24/c1-2-3-4-5-6-7-8-10-13-16-14-11-9-12-15-16/h7-9,11-12,14-15H,2-6,10,13H2,1H3/b8-7+. The van der Waals surface area contributed by atoms with E-state index >= 15 is 0 Å². The molecule has 88 valence electrons. The highest BCUT2D eigenvalue weighted by atomic mass is 13.9. The molecule has 0 nitrogen and oxygen atoms in total. The first kappa shape index (κ1) is 13.0. The fraction of sp³-hybridized carbons (Fsp3) is 0.500.